The maximum absolute atomic E-state index is 11.3. The molecule has 0 saturated carbocycles. The molecule has 0 atom stereocenters. The summed E-state index contributed by atoms with van der Waals surface area (Å²) in [4.78, 5) is 11.3. The van der Waals surface area contributed by atoms with Gasteiger partial charge < -0.3 is 5.32 Å². The first kappa shape index (κ1) is 10.9. The molecule has 0 bridgehead atoms. The second kappa shape index (κ2) is 4.91. The fourth-order valence-electron chi connectivity index (χ4n) is 1.55. The summed E-state index contributed by atoms with van der Waals surface area (Å²) in [6.45, 7) is 7.58. The number of fused-ring (bicyclic) bond motifs is 1. The molecule has 4 heteroatoms. The van der Waals surface area contributed by atoms with Crippen molar-refractivity contribution in [3.8, 4) is 0 Å². The molecule has 2 rings (SSSR count). The van der Waals surface area contributed by atoms with Crippen molar-refractivity contribution in [2.75, 3.05) is 6.54 Å². The molecular weight excluding hydrogens is 178 g/mol. The summed E-state index contributed by atoms with van der Waals surface area (Å²) in [5.74, 6) is 0. The number of H-pyrrole nitrogens is 1. The first-order valence-corrected chi connectivity index (χ1v) is 5.07. The molecule has 1 aromatic rings. The average molecular weight is 195 g/mol. The van der Waals surface area contributed by atoms with Crippen molar-refractivity contribution < 1.29 is 0 Å². The van der Waals surface area contributed by atoms with Gasteiger partial charge in [-0.2, -0.15) is 5.10 Å². The van der Waals surface area contributed by atoms with Crippen LogP contribution in [0.1, 0.15) is 30.7 Å². The van der Waals surface area contributed by atoms with Gasteiger partial charge >= 0.3 is 0 Å². The topological polar surface area (TPSA) is 57.8 Å². The number of nitrogens with zero attached hydrogens (tertiary/aromatic N) is 1. The monoisotopic (exact) mass is 195 g/mol. The molecule has 0 radical (unpaired) electrons. The van der Waals surface area contributed by atoms with E-state index in [1.54, 1.807) is 0 Å². The minimum absolute atomic E-state index is 0.0305. The number of nitrogens with one attached hydrogen (secondary N) is 2. The molecule has 0 saturated heterocycles. The van der Waals surface area contributed by atoms with Gasteiger partial charge in [-0.15, -0.1) is 0 Å². The number of aryl methyl sites for hydroxylation is 1. The first-order valence-electron chi connectivity index (χ1n) is 5.07. The third-order valence-corrected chi connectivity index (χ3v) is 2.25. The average Bonchev–Trinajstić information content (AvgIpc) is 2.27. The van der Waals surface area contributed by atoms with Gasteiger partial charge in [0.1, 0.15) is 0 Å². The van der Waals surface area contributed by atoms with Gasteiger partial charge in [-0.1, -0.05) is 13.8 Å². The van der Waals surface area contributed by atoms with E-state index in [2.05, 4.69) is 15.5 Å². The Morgan fingerprint density at radius 2 is 2.00 bits per heavy atom. The van der Waals surface area contributed by atoms with Gasteiger partial charge in [0.25, 0.3) is 5.56 Å². The minimum atomic E-state index is -0.0305. The summed E-state index contributed by atoms with van der Waals surface area (Å²) >= 11 is 0. The highest BCUT2D eigenvalue weighted by atomic mass is 16.1. The molecular formula is C10H17N3O. The van der Waals surface area contributed by atoms with E-state index >= 15 is 0 Å². The van der Waals surface area contributed by atoms with Crippen molar-refractivity contribution >= 4 is 0 Å². The molecule has 78 valence electrons. The van der Waals surface area contributed by atoms with Gasteiger partial charge in [0, 0.05) is 12.1 Å². The van der Waals surface area contributed by atoms with Crippen LogP contribution in [0.4, 0.5) is 0 Å². The van der Waals surface area contributed by atoms with Crippen LogP contribution < -0.4 is 10.9 Å². The molecule has 4 nitrogen and oxygen atoms in total. The molecule has 0 unspecified atom stereocenters. The zero-order chi connectivity index (χ0) is 10.6. The molecule has 2 N–H and O–H groups in total. The van der Waals surface area contributed by atoms with Crippen molar-refractivity contribution in [1.82, 2.24) is 15.5 Å². The van der Waals surface area contributed by atoms with E-state index < -0.39 is 0 Å². The molecule has 0 amide bonds. The second-order valence-electron chi connectivity index (χ2n) is 3.02. The Balaban J connectivity index is 0.000000461. The van der Waals surface area contributed by atoms with Gasteiger partial charge in [0.05, 0.1) is 5.69 Å². The zero-order valence-electron chi connectivity index (χ0n) is 8.98. The van der Waals surface area contributed by atoms with Crippen molar-refractivity contribution in [3.63, 3.8) is 0 Å². The highest BCUT2D eigenvalue weighted by Crippen LogP contribution is 2.10. The lowest BCUT2D eigenvalue weighted by molar-refractivity contribution is 0.623. The summed E-state index contributed by atoms with van der Waals surface area (Å²) in [5.41, 5.74) is 2.88. The predicted octanol–water partition coefficient (Wildman–Crippen LogP) is 0.750. The van der Waals surface area contributed by atoms with Gasteiger partial charge in [0.15, 0.2) is 0 Å². The summed E-state index contributed by atoms with van der Waals surface area (Å²) in [6, 6.07) is 0. The third-order valence-electron chi connectivity index (χ3n) is 2.25. The summed E-state index contributed by atoms with van der Waals surface area (Å²) < 4.78 is 0. The lowest BCUT2D eigenvalue weighted by atomic mass is 10.0. The van der Waals surface area contributed by atoms with Crippen LogP contribution in [0.3, 0.4) is 0 Å². The van der Waals surface area contributed by atoms with Crippen LogP contribution in [0.5, 0.6) is 0 Å². The second-order valence-corrected chi connectivity index (χ2v) is 3.02. The standard InChI is InChI=1S/C8H11N3O.C2H6/c1-5-7-4-9-3-2-6(7)8(12)11-10-5;1-2/h9H,2-4H2,1H3,(H,11,12);1-2H3. The normalized spacial score (nSPS) is 13.9. The van der Waals surface area contributed by atoms with Crippen LogP contribution >= 0.6 is 0 Å². The lowest BCUT2D eigenvalue weighted by Crippen LogP contribution is -2.31. The van der Waals surface area contributed by atoms with E-state index in [-0.39, 0.29) is 5.56 Å². The smallest absolute Gasteiger partial charge is 0.267 e. The molecule has 2 heterocycles. The number of aromatic nitrogens is 2. The Morgan fingerprint density at radius 1 is 1.29 bits per heavy atom. The maximum atomic E-state index is 11.3. The fraction of sp³-hybridized carbons (Fsp3) is 0.600. The van der Waals surface area contributed by atoms with Crippen LogP contribution in [-0.4, -0.2) is 16.7 Å². The van der Waals surface area contributed by atoms with Crippen LogP contribution in [-0.2, 0) is 13.0 Å². The third kappa shape index (κ3) is 2.01. The summed E-state index contributed by atoms with van der Waals surface area (Å²) in [7, 11) is 0. The SMILES string of the molecule is CC.Cc1n[nH]c(=O)c2c1CNCC2. The quantitative estimate of drug-likeness (QED) is 0.642. The van der Waals surface area contributed by atoms with Gasteiger partial charge in [0.2, 0.25) is 0 Å². The van der Waals surface area contributed by atoms with Crippen molar-refractivity contribution in [1.29, 1.82) is 0 Å². The van der Waals surface area contributed by atoms with E-state index in [9.17, 15) is 4.79 Å². The van der Waals surface area contributed by atoms with Crippen LogP contribution in [0, 0.1) is 6.92 Å². The Labute approximate surface area is 83.7 Å². The van der Waals surface area contributed by atoms with E-state index in [1.165, 1.54) is 0 Å². The number of hydrogen-bond donors (Lipinski definition) is 2. The minimum Gasteiger partial charge on any atom is -0.312 e. The lowest BCUT2D eigenvalue weighted by Gasteiger charge is -2.16. The van der Waals surface area contributed by atoms with Crippen molar-refractivity contribution in [3.05, 3.63) is 27.2 Å². The molecule has 1 aliphatic rings. The molecule has 1 aliphatic heterocycles. The van der Waals surface area contributed by atoms with Gasteiger partial charge in [-0.3, -0.25) is 4.79 Å². The maximum Gasteiger partial charge on any atom is 0.267 e. The van der Waals surface area contributed by atoms with Crippen LogP contribution in [0.15, 0.2) is 4.79 Å². The largest absolute Gasteiger partial charge is 0.312 e. The highest BCUT2D eigenvalue weighted by molar-refractivity contribution is 5.28. The molecule has 1 aromatic heterocycles. The molecule has 0 fully saturated rings. The Hall–Kier alpha value is -1.16. The van der Waals surface area contributed by atoms with Crippen LogP contribution in [0.2, 0.25) is 0 Å². The summed E-state index contributed by atoms with van der Waals surface area (Å²) in [6.07, 6.45) is 0.814. The predicted molar refractivity (Wildman–Crippen MR) is 56.4 cm³/mol. The Morgan fingerprint density at radius 3 is 2.64 bits per heavy atom. The van der Waals surface area contributed by atoms with Crippen molar-refractivity contribution in [2.45, 2.75) is 33.7 Å². The molecule has 0 spiro atoms. The Kier molecular flexibility index (Phi) is 3.83. The Bertz CT molecular complexity index is 357. The van der Waals surface area contributed by atoms with E-state index in [0.717, 1.165) is 36.3 Å². The van der Waals surface area contributed by atoms with E-state index in [0.29, 0.717) is 0 Å². The number of aromatic amines is 1. The molecule has 14 heavy (non-hydrogen) atoms. The van der Waals surface area contributed by atoms with Gasteiger partial charge in [-0.05, 0) is 25.5 Å². The van der Waals surface area contributed by atoms with E-state index in [4.69, 9.17) is 0 Å². The van der Waals surface area contributed by atoms with Crippen LogP contribution in [0.25, 0.3) is 0 Å². The number of hydrogen-bond acceptors (Lipinski definition) is 3. The molecule has 0 aromatic carbocycles. The first-order chi connectivity index (χ1) is 6.79. The summed E-state index contributed by atoms with van der Waals surface area (Å²) in [5, 5.41) is 9.63. The van der Waals surface area contributed by atoms with E-state index in [1.807, 2.05) is 20.8 Å². The fourth-order valence-corrected chi connectivity index (χ4v) is 1.55. The molecule has 0 aliphatic carbocycles. The van der Waals surface area contributed by atoms with Crippen molar-refractivity contribution in [2.24, 2.45) is 0 Å². The number of rotatable bonds is 0. The van der Waals surface area contributed by atoms with Gasteiger partial charge in [-0.25, -0.2) is 5.10 Å². The zero-order valence-corrected chi connectivity index (χ0v) is 8.98. The highest BCUT2D eigenvalue weighted by Gasteiger charge is 2.14.